The van der Waals surface area contributed by atoms with Crippen LogP contribution in [-0.4, -0.2) is 47.7 Å². The van der Waals surface area contributed by atoms with E-state index in [9.17, 15) is 45.1 Å². The van der Waals surface area contributed by atoms with Crippen LogP contribution in [0.15, 0.2) is 60.7 Å². The van der Waals surface area contributed by atoms with Crippen LogP contribution in [0.1, 0.15) is 60.9 Å². The highest BCUT2D eigenvalue weighted by Gasteiger charge is 2.40. The van der Waals surface area contributed by atoms with Gasteiger partial charge in [0.05, 0.1) is 11.1 Å². The number of nitrogens with zero attached hydrogens (tertiary/aromatic N) is 2. The number of hydrogen-bond acceptors (Lipinski definition) is 3. The summed E-state index contributed by atoms with van der Waals surface area (Å²) in [7, 11) is 1.28. The van der Waals surface area contributed by atoms with Gasteiger partial charge in [-0.25, -0.2) is 4.39 Å². The van der Waals surface area contributed by atoms with Gasteiger partial charge in [0.1, 0.15) is 5.82 Å². The van der Waals surface area contributed by atoms with E-state index in [0.29, 0.717) is 23.3 Å². The van der Waals surface area contributed by atoms with E-state index < -0.39 is 65.4 Å². The van der Waals surface area contributed by atoms with Gasteiger partial charge in [-0.05, 0) is 84.6 Å². The number of nitrogens with two attached hydrogens (primary N) is 1. The Kier molecular flexibility index (Phi) is 9.08. The Hall–Kier alpha value is -4.42. The number of carbonyl (C=O) groups excluding carboxylic acids is 3. The zero-order valence-electron chi connectivity index (χ0n) is 23.6. The molecule has 3 aromatic carbocycles. The second kappa shape index (κ2) is 12.3. The third-order valence-electron chi connectivity index (χ3n) is 7.71. The van der Waals surface area contributed by atoms with Crippen molar-refractivity contribution in [3.63, 3.8) is 0 Å². The molecule has 3 amide bonds. The summed E-state index contributed by atoms with van der Waals surface area (Å²) in [4.78, 5) is 41.0. The van der Waals surface area contributed by atoms with Crippen molar-refractivity contribution in [3.8, 4) is 0 Å². The highest BCUT2D eigenvalue weighted by Crippen LogP contribution is 2.38. The number of amides is 3. The molecule has 0 saturated carbocycles. The number of halogens is 7. The van der Waals surface area contributed by atoms with Gasteiger partial charge in [0.2, 0.25) is 11.8 Å². The molecular formula is C31H28F7N3O3. The van der Waals surface area contributed by atoms with Gasteiger partial charge in [0.25, 0.3) is 5.91 Å². The largest absolute Gasteiger partial charge is 0.416 e. The summed E-state index contributed by atoms with van der Waals surface area (Å²) in [5, 5.41) is 0. The smallest absolute Gasteiger partial charge is 0.366 e. The zero-order valence-corrected chi connectivity index (χ0v) is 23.6. The maximum absolute atomic E-state index is 14.0. The maximum Gasteiger partial charge on any atom is 0.416 e. The van der Waals surface area contributed by atoms with Crippen LogP contribution in [0.5, 0.6) is 0 Å². The van der Waals surface area contributed by atoms with E-state index in [2.05, 4.69) is 0 Å². The van der Waals surface area contributed by atoms with Crippen molar-refractivity contribution in [2.45, 2.75) is 38.2 Å². The predicted octanol–water partition coefficient (Wildman–Crippen LogP) is 6.18. The third kappa shape index (κ3) is 7.20. The number of rotatable bonds is 6. The van der Waals surface area contributed by atoms with E-state index in [1.807, 2.05) is 0 Å². The normalized spacial score (nSPS) is 17.3. The summed E-state index contributed by atoms with van der Waals surface area (Å²) in [5.41, 5.74) is 3.47. The van der Waals surface area contributed by atoms with Crippen LogP contribution in [0.2, 0.25) is 0 Å². The second-order valence-corrected chi connectivity index (χ2v) is 10.8. The average molecular weight is 624 g/mol. The van der Waals surface area contributed by atoms with Crippen molar-refractivity contribution < 1.29 is 45.1 Å². The van der Waals surface area contributed by atoms with Gasteiger partial charge in [-0.2, -0.15) is 26.3 Å². The fraction of sp³-hybridized carbons (Fsp3) is 0.323. The molecule has 6 nitrogen and oxygen atoms in total. The van der Waals surface area contributed by atoms with Gasteiger partial charge in [-0.1, -0.05) is 6.07 Å². The first-order valence-electron chi connectivity index (χ1n) is 13.4. The average Bonchev–Trinajstić information content (AvgIpc) is 2.95. The Balaban J connectivity index is 1.63. The highest BCUT2D eigenvalue weighted by atomic mass is 19.4. The van der Waals surface area contributed by atoms with Crippen molar-refractivity contribution in [2.24, 2.45) is 11.7 Å². The van der Waals surface area contributed by atoms with Crippen molar-refractivity contribution in [1.29, 1.82) is 0 Å². The number of primary amides is 1. The fourth-order valence-corrected chi connectivity index (χ4v) is 5.51. The summed E-state index contributed by atoms with van der Waals surface area (Å²) in [6.07, 6.45) is -9.96. The Morgan fingerprint density at radius 3 is 1.98 bits per heavy atom. The SMILES string of the molecule is Cc1cc(F)ccc1C1CN(C(=O)c2ccc(C(N)=O)cc2)CCC1C(=O)N(C)Cc1cc(C(F)(F)F)cc(C(F)(F)F)c1. The molecular weight excluding hydrogens is 595 g/mol. The molecule has 2 unspecified atom stereocenters. The lowest BCUT2D eigenvalue weighted by Gasteiger charge is -2.40. The van der Waals surface area contributed by atoms with Gasteiger partial charge in [-0.3, -0.25) is 14.4 Å². The summed E-state index contributed by atoms with van der Waals surface area (Å²) in [5.74, 6) is -3.62. The van der Waals surface area contributed by atoms with Crippen molar-refractivity contribution in [2.75, 3.05) is 20.1 Å². The molecule has 0 bridgehead atoms. The first-order valence-corrected chi connectivity index (χ1v) is 13.4. The van der Waals surface area contributed by atoms with Crippen LogP contribution in [0.4, 0.5) is 30.7 Å². The molecule has 44 heavy (non-hydrogen) atoms. The maximum atomic E-state index is 14.0. The first kappa shape index (κ1) is 32.5. The zero-order chi connectivity index (χ0) is 32.6. The molecule has 0 aliphatic carbocycles. The summed E-state index contributed by atoms with van der Waals surface area (Å²) >= 11 is 0. The molecule has 0 aromatic heterocycles. The first-order chi connectivity index (χ1) is 20.5. The standard InChI is InChI=1S/C31H28F7N3O3/c1-17-11-23(32)7-8-24(17)26-16-41(28(43)20-5-3-19(4-6-20)27(39)42)10-9-25(26)29(44)40(2)15-18-12-21(30(33,34)35)14-22(13-18)31(36,37)38/h3-8,11-14,25-26H,9-10,15-16H2,1-2H3,(H2,39,42). The van der Waals surface area contributed by atoms with Gasteiger partial charge in [0, 0.05) is 49.6 Å². The van der Waals surface area contributed by atoms with E-state index in [1.54, 1.807) is 6.92 Å². The molecule has 3 aromatic rings. The number of carbonyl (C=O) groups is 3. The minimum atomic E-state index is -5.04. The molecule has 1 aliphatic rings. The molecule has 2 N–H and O–H groups in total. The van der Waals surface area contributed by atoms with Crippen LogP contribution >= 0.6 is 0 Å². The van der Waals surface area contributed by atoms with Crippen LogP contribution < -0.4 is 5.73 Å². The molecule has 1 heterocycles. The van der Waals surface area contributed by atoms with Crippen LogP contribution in [0.25, 0.3) is 0 Å². The summed E-state index contributed by atoms with van der Waals surface area (Å²) < 4.78 is 94.2. The molecule has 1 fully saturated rings. The summed E-state index contributed by atoms with van der Waals surface area (Å²) in [6.45, 7) is 1.23. The summed E-state index contributed by atoms with van der Waals surface area (Å²) in [6, 6.07) is 10.8. The monoisotopic (exact) mass is 623 g/mol. The van der Waals surface area contributed by atoms with E-state index in [-0.39, 0.29) is 42.3 Å². The highest BCUT2D eigenvalue weighted by molar-refractivity contribution is 5.97. The molecule has 1 saturated heterocycles. The van der Waals surface area contributed by atoms with Crippen LogP contribution in [0.3, 0.4) is 0 Å². The lowest BCUT2D eigenvalue weighted by Crippen LogP contribution is -2.47. The van der Waals surface area contributed by atoms with Gasteiger partial charge in [0.15, 0.2) is 0 Å². The Bertz CT molecular complexity index is 1540. The van der Waals surface area contributed by atoms with E-state index >= 15 is 0 Å². The van der Waals surface area contributed by atoms with Crippen molar-refractivity contribution in [3.05, 3.63) is 105 Å². The van der Waals surface area contributed by atoms with Crippen LogP contribution in [0, 0.1) is 18.7 Å². The van der Waals surface area contributed by atoms with Gasteiger partial charge >= 0.3 is 12.4 Å². The van der Waals surface area contributed by atoms with Gasteiger partial charge in [-0.15, -0.1) is 0 Å². The topological polar surface area (TPSA) is 83.7 Å². The second-order valence-electron chi connectivity index (χ2n) is 10.8. The predicted molar refractivity (Wildman–Crippen MR) is 146 cm³/mol. The quantitative estimate of drug-likeness (QED) is 0.333. The number of benzene rings is 3. The van der Waals surface area contributed by atoms with E-state index in [0.717, 1.165) is 4.90 Å². The number of hydrogen-bond donors (Lipinski definition) is 1. The number of likely N-dealkylation sites (tertiary alicyclic amines) is 1. The van der Waals surface area contributed by atoms with Gasteiger partial charge < -0.3 is 15.5 Å². The molecule has 234 valence electrons. The molecule has 2 atom stereocenters. The van der Waals surface area contributed by atoms with E-state index in [1.165, 1.54) is 54.4 Å². The number of alkyl halides is 6. The molecule has 4 rings (SSSR count). The number of aryl methyl sites for hydroxylation is 1. The third-order valence-corrected chi connectivity index (χ3v) is 7.71. The fourth-order valence-electron chi connectivity index (χ4n) is 5.51. The molecule has 1 aliphatic heterocycles. The lowest BCUT2D eigenvalue weighted by molar-refractivity contribution is -0.143. The minimum Gasteiger partial charge on any atom is -0.366 e. The van der Waals surface area contributed by atoms with Crippen molar-refractivity contribution >= 4 is 17.7 Å². The Morgan fingerprint density at radius 1 is 0.886 bits per heavy atom. The van der Waals surface area contributed by atoms with Crippen LogP contribution in [-0.2, 0) is 23.7 Å². The molecule has 0 spiro atoms. The Morgan fingerprint density at radius 2 is 1.45 bits per heavy atom. The lowest BCUT2D eigenvalue weighted by atomic mass is 9.78. The van der Waals surface area contributed by atoms with Crippen molar-refractivity contribution in [1.82, 2.24) is 9.80 Å². The Labute approximate surface area is 248 Å². The minimum absolute atomic E-state index is 0.0207. The molecule has 0 radical (unpaired) electrons. The number of piperidine rings is 1. The molecule has 13 heteroatoms. The van der Waals surface area contributed by atoms with E-state index in [4.69, 9.17) is 5.73 Å².